The number of aromatic nitrogens is 3. The van der Waals surface area contributed by atoms with Gasteiger partial charge in [-0.15, -0.1) is 10.2 Å². The van der Waals surface area contributed by atoms with Crippen LogP contribution in [0.5, 0.6) is 0 Å². The lowest BCUT2D eigenvalue weighted by Gasteiger charge is -2.05. The van der Waals surface area contributed by atoms with Crippen LogP contribution in [0.1, 0.15) is 22.8 Å². The van der Waals surface area contributed by atoms with Gasteiger partial charge in [-0.05, 0) is 35.5 Å². The summed E-state index contributed by atoms with van der Waals surface area (Å²) in [5, 5.41) is 8.50. The van der Waals surface area contributed by atoms with Crippen molar-refractivity contribution in [3.63, 3.8) is 0 Å². The van der Waals surface area contributed by atoms with Crippen molar-refractivity contribution in [1.29, 1.82) is 0 Å². The first-order chi connectivity index (χ1) is 12.8. The standard InChI is InChI=1S/C20H24N4S2/c21-24-19(15-25-13-11-17-7-3-1-4-8-17)22-23-20(24)16-26-14-12-18-9-5-2-6-10-18/h1-10H,11-16,21H2. The number of aryl methyl sites for hydroxylation is 2. The largest absolute Gasteiger partial charge is 0.336 e. The maximum atomic E-state index is 6.16. The molecule has 1 aromatic heterocycles. The summed E-state index contributed by atoms with van der Waals surface area (Å²) in [6.07, 6.45) is 2.12. The molecule has 3 aromatic rings. The van der Waals surface area contributed by atoms with Gasteiger partial charge in [0.25, 0.3) is 0 Å². The molecule has 2 aromatic carbocycles. The molecule has 0 aliphatic rings. The Morgan fingerprint density at radius 3 is 1.54 bits per heavy atom. The molecule has 6 heteroatoms. The highest BCUT2D eigenvalue weighted by molar-refractivity contribution is 7.98. The molecule has 0 amide bonds. The van der Waals surface area contributed by atoms with Gasteiger partial charge < -0.3 is 5.84 Å². The summed E-state index contributed by atoms with van der Waals surface area (Å²) < 4.78 is 1.66. The Morgan fingerprint density at radius 1 is 0.692 bits per heavy atom. The fourth-order valence-electron chi connectivity index (χ4n) is 2.55. The van der Waals surface area contributed by atoms with Crippen LogP contribution < -0.4 is 5.84 Å². The molecular weight excluding hydrogens is 360 g/mol. The smallest absolute Gasteiger partial charge is 0.161 e. The molecule has 0 saturated heterocycles. The quantitative estimate of drug-likeness (QED) is 0.424. The van der Waals surface area contributed by atoms with Gasteiger partial charge in [-0.25, -0.2) is 4.68 Å². The normalized spacial score (nSPS) is 10.9. The molecule has 0 atom stereocenters. The van der Waals surface area contributed by atoms with E-state index in [-0.39, 0.29) is 0 Å². The molecule has 2 N–H and O–H groups in total. The zero-order valence-corrected chi connectivity index (χ0v) is 16.4. The fraction of sp³-hybridized carbons (Fsp3) is 0.300. The number of nitrogen functional groups attached to an aromatic ring is 1. The maximum Gasteiger partial charge on any atom is 0.161 e. The third-order valence-electron chi connectivity index (χ3n) is 4.06. The molecule has 0 saturated carbocycles. The molecule has 1 heterocycles. The van der Waals surface area contributed by atoms with Gasteiger partial charge in [0.1, 0.15) is 0 Å². The lowest BCUT2D eigenvalue weighted by atomic mass is 10.2. The van der Waals surface area contributed by atoms with E-state index in [2.05, 4.69) is 58.7 Å². The fourth-order valence-corrected chi connectivity index (χ4v) is 4.36. The van der Waals surface area contributed by atoms with E-state index in [0.29, 0.717) is 0 Å². The first-order valence-electron chi connectivity index (χ1n) is 8.74. The number of nitrogens with zero attached hydrogens (tertiary/aromatic N) is 3. The van der Waals surface area contributed by atoms with Crippen LogP contribution >= 0.6 is 23.5 Å². The van der Waals surface area contributed by atoms with Crippen LogP contribution in [0.15, 0.2) is 60.7 Å². The van der Waals surface area contributed by atoms with Crippen molar-refractivity contribution in [2.45, 2.75) is 24.3 Å². The zero-order chi connectivity index (χ0) is 18.0. The number of rotatable bonds is 10. The first-order valence-corrected chi connectivity index (χ1v) is 11.1. The molecule has 0 aliphatic carbocycles. The van der Waals surface area contributed by atoms with E-state index in [1.165, 1.54) is 11.1 Å². The van der Waals surface area contributed by atoms with Crippen LogP contribution in [0.25, 0.3) is 0 Å². The molecule has 0 fully saturated rings. The molecule has 136 valence electrons. The Balaban J connectivity index is 1.37. The van der Waals surface area contributed by atoms with E-state index in [1.807, 2.05) is 35.7 Å². The number of hydrogen-bond acceptors (Lipinski definition) is 5. The minimum absolute atomic E-state index is 0.797. The molecule has 4 nitrogen and oxygen atoms in total. The second-order valence-electron chi connectivity index (χ2n) is 5.98. The molecule has 26 heavy (non-hydrogen) atoms. The number of benzene rings is 2. The van der Waals surface area contributed by atoms with Gasteiger partial charge in [0.05, 0.1) is 11.5 Å². The minimum Gasteiger partial charge on any atom is -0.336 e. The van der Waals surface area contributed by atoms with Crippen molar-refractivity contribution >= 4 is 23.5 Å². The average molecular weight is 385 g/mol. The second kappa shape index (κ2) is 10.3. The second-order valence-corrected chi connectivity index (χ2v) is 8.19. The number of nitrogens with two attached hydrogens (primary N) is 1. The number of hydrogen-bond donors (Lipinski definition) is 1. The highest BCUT2D eigenvalue weighted by atomic mass is 32.2. The third-order valence-corrected chi connectivity index (χ3v) is 5.97. The predicted molar refractivity (Wildman–Crippen MR) is 113 cm³/mol. The molecular formula is C20H24N4S2. The van der Waals surface area contributed by atoms with E-state index < -0.39 is 0 Å². The molecule has 3 rings (SSSR count). The van der Waals surface area contributed by atoms with E-state index in [1.54, 1.807) is 4.68 Å². The van der Waals surface area contributed by atoms with Gasteiger partial charge in [-0.2, -0.15) is 23.5 Å². The summed E-state index contributed by atoms with van der Waals surface area (Å²) in [6.45, 7) is 0. The first kappa shape index (κ1) is 18.9. The van der Waals surface area contributed by atoms with E-state index >= 15 is 0 Å². The summed E-state index contributed by atoms with van der Waals surface area (Å²) in [7, 11) is 0. The predicted octanol–water partition coefficient (Wildman–Crippen LogP) is 3.94. The monoisotopic (exact) mass is 384 g/mol. The van der Waals surface area contributed by atoms with Crippen molar-refractivity contribution in [3.05, 3.63) is 83.4 Å². The lowest BCUT2D eigenvalue weighted by molar-refractivity contribution is 0.874. The summed E-state index contributed by atoms with van der Waals surface area (Å²) in [6, 6.07) is 21.1. The highest BCUT2D eigenvalue weighted by Gasteiger charge is 2.09. The van der Waals surface area contributed by atoms with Crippen LogP contribution in [0, 0.1) is 0 Å². The highest BCUT2D eigenvalue weighted by Crippen LogP contribution is 2.16. The van der Waals surface area contributed by atoms with Crippen molar-refractivity contribution in [3.8, 4) is 0 Å². The van der Waals surface area contributed by atoms with E-state index in [0.717, 1.165) is 47.5 Å². The topological polar surface area (TPSA) is 56.7 Å². The SMILES string of the molecule is Nn1c(CSCCc2ccccc2)nnc1CSCCc1ccccc1. The average Bonchev–Trinajstić information content (AvgIpc) is 3.04. The van der Waals surface area contributed by atoms with Gasteiger partial charge in [-0.1, -0.05) is 60.7 Å². The van der Waals surface area contributed by atoms with Gasteiger partial charge in [0, 0.05) is 0 Å². The van der Waals surface area contributed by atoms with Gasteiger partial charge in [0.2, 0.25) is 0 Å². The Morgan fingerprint density at radius 2 is 1.12 bits per heavy atom. The molecule has 0 spiro atoms. The van der Waals surface area contributed by atoms with Crippen LogP contribution in [-0.2, 0) is 24.3 Å². The Labute approximate surface area is 163 Å². The van der Waals surface area contributed by atoms with Crippen molar-refractivity contribution in [2.24, 2.45) is 0 Å². The summed E-state index contributed by atoms with van der Waals surface area (Å²) >= 11 is 3.69. The maximum absolute atomic E-state index is 6.16. The molecule has 0 bridgehead atoms. The Kier molecular flexibility index (Phi) is 7.46. The number of thioether (sulfide) groups is 2. The summed E-state index contributed by atoms with van der Waals surface area (Å²) in [5.74, 6) is 11.6. The van der Waals surface area contributed by atoms with Crippen LogP contribution in [-0.4, -0.2) is 26.4 Å². The van der Waals surface area contributed by atoms with Crippen LogP contribution in [0.3, 0.4) is 0 Å². The molecule has 0 unspecified atom stereocenters. The summed E-state index contributed by atoms with van der Waals surface area (Å²) in [5.41, 5.74) is 2.73. The van der Waals surface area contributed by atoms with Crippen LogP contribution in [0.4, 0.5) is 0 Å². The summed E-state index contributed by atoms with van der Waals surface area (Å²) in [4.78, 5) is 0. The van der Waals surface area contributed by atoms with Gasteiger partial charge in [-0.3, -0.25) is 0 Å². The molecule has 0 aliphatic heterocycles. The minimum atomic E-state index is 0.797. The van der Waals surface area contributed by atoms with Crippen molar-refractivity contribution < 1.29 is 0 Å². The van der Waals surface area contributed by atoms with Gasteiger partial charge in [0.15, 0.2) is 11.6 Å². The van der Waals surface area contributed by atoms with Crippen LogP contribution in [0.2, 0.25) is 0 Å². The van der Waals surface area contributed by atoms with Crippen molar-refractivity contribution in [2.75, 3.05) is 17.3 Å². The molecule has 0 radical (unpaired) electrons. The van der Waals surface area contributed by atoms with Gasteiger partial charge >= 0.3 is 0 Å². The Hall–Kier alpha value is -1.92. The van der Waals surface area contributed by atoms with E-state index in [4.69, 9.17) is 5.84 Å². The lowest BCUT2D eigenvalue weighted by Crippen LogP contribution is -2.15. The Bertz CT molecular complexity index is 710. The zero-order valence-electron chi connectivity index (χ0n) is 14.8. The van der Waals surface area contributed by atoms with E-state index in [9.17, 15) is 0 Å². The third kappa shape index (κ3) is 5.81. The van der Waals surface area contributed by atoms with Crippen molar-refractivity contribution in [1.82, 2.24) is 14.9 Å².